The van der Waals surface area contributed by atoms with Crippen LogP contribution in [-0.4, -0.2) is 27.7 Å². The van der Waals surface area contributed by atoms with Gasteiger partial charge in [0, 0.05) is 24.4 Å². The number of hydrogen-bond acceptors (Lipinski definition) is 4. The SMILES string of the molecule is CC(C)c1nc(Cl)cc(NCC2CCCCC2O)n1. The quantitative estimate of drug-likeness (QED) is 0.833. The molecule has 0 aliphatic heterocycles. The van der Waals surface area contributed by atoms with Crippen molar-refractivity contribution in [2.45, 2.75) is 51.6 Å². The van der Waals surface area contributed by atoms with Crippen molar-refractivity contribution in [3.05, 3.63) is 17.0 Å². The smallest absolute Gasteiger partial charge is 0.135 e. The fraction of sp³-hybridized carbons (Fsp3) is 0.714. The maximum atomic E-state index is 9.95. The van der Waals surface area contributed by atoms with Gasteiger partial charge in [-0.2, -0.15) is 0 Å². The van der Waals surface area contributed by atoms with E-state index in [9.17, 15) is 5.11 Å². The molecule has 1 aromatic heterocycles. The van der Waals surface area contributed by atoms with Crippen molar-refractivity contribution in [2.24, 2.45) is 5.92 Å². The van der Waals surface area contributed by atoms with E-state index in [1.807, 2.05) is 13.8 Å². The first-order chi connectivity index (χ1) is 9.06. The lowest BCUT2D eigenvalue weighted by atomic mass is 9.86. The van der Waals surface area contributed by atoms with E-state index in [-0.39, 0.29) is 12.0 Å². The van der Waals surface area contributed by atoms with E-state index >= 15 is 0 Å². The van der Waals surface area contributed by atoms with E-state index in [1.54, 1.807) is 6.07 Å². The summed E-state index contributed by atoms with van der Waals surface area (Å²) in [7, 11) is 0. The van der Waals surface area contributed by atoms with Gasteiger partial charge < -0.3 is 10.4 Å². The molecule has 0 spiro atoms. The lowest BCUT2D eigenvalue weighted by Crippen LogP contribution is -2.30. The number of rotatable bonds is 4. The number of hydrogen-bond donors (Lipinski definition) is 2. The molecule has 0 aromatic carbocycles. The van der Waals surface area contributed by atoms with Crippen LogP contribution in [0.2, 0.25) is 5.15 Å². The molecule has 0 amide bonds. The maximum Gasteiger partial charge on any atom is 0.135 e. The Balaban J connectivity index is 1.98. The van der Waals surface area contributed by atoms with Crippen LogP contribution in [0.1, 0.15) is 51.3 Å². The summed E-state index contributed by atoms with van der Waals surface area (Å²) in [6, 6.07) is 1.74. The van der Waals surface area contributed by atoms with Gasteiger partial charge in [0.15, 0.2) is 0 Å². The van der Waals surface area contributed by atoms with Gasteiger partial charge in [-0.05, 0) is 12.8 Å². The van der Waals surface area contributed by atoms with E-state index < -0.39 is 0 Å². The zero-order chi connectivity index (χ0) is 13.8. The summed E-state index contributed by atoms with van der Waals surface area (Å²) in [5.41, 5.74) is 0. The standard InChI is InChI=1S/C14H22ClN3O/c1-9(2)14-17-12(15)7-13(18-14)16-8-10-5-3-4-6-11(10)19/h7,9-11,19H,3-6,8H2,1-2H3,(H,16,17,18). The zero-order valence-electron chi connectivity index (χ0n) is 11.6. The summed E-state index contributed by atoms with van der Waals surface area (Å²) in [4.78, 5) is 8.66. The Labute approximate surface area is 119 Å². The van der Waals surface area contributed by atoms with Crippen molar-refractivity contribution in [2.75, 3.05) is 11.9 Å². The van der Waals surface area contributed by atoms with Crippen LogP contribution in [0, 0.1) is 5.92 Å². The van der Waals surface area contributed by atoms with Crippen LogP contribution in [-0.2, 0) is 0 Å². The fourth-order valence-electron chi connectivity index (χ4n) is 2.45. The second-order valence-corrected chi connectivity index (χ2v) is 5.97. The molecule has 0 saturated heterocycles. The van der Waals surface area contributed by atoms with Gasteiger partial charge in [-0.25, -0.2) is 9.97 Å². The molecule has 5 heteroatoms. The number of aromatic nitrogens is 2. The minimum atomic E-state index is -0.192. The Morgan fingerprint density at radius 3 is 2.79 bits per heavy atom. The highest BCUT2D eigenvalue weighted by molar-refractivity contribution is 6.29. The number of halogens is 1. The van der Waals surface area contributed by atoms with Gasteiger partial charge in [0.25, 0.3) is 0 Å². The summed E-state index contributed by atoms with van der Waals surface area (Å²) in [6.45, 7) is 4.83. The number of nitrogens with one attached hydrogen (secondary N) is 1. The molecule has 2 rings (SSSR count). The molecule has 1 aromatic rings. The highest BCUT2D eigenvalue weighted by Crippen LogP contribution is 2.25. The monoisotopic (exact) mass is 283 g/mol. The van der Waals surface area contributed by atoms with Crippen LogP contribution in [0.25, 0.3) is 0 Å². The van der Waals surface area contributed by atoms with Crippen molar-refractivity contribution in [3.8, 4) is 0 Å². The Bertz CT molecular complexity index is 425. The summed E-state index contributed by atoms with van der Waals surface area (Å²) in [5, 5.41) is 13.7. The van der Waals surface area contributed by atoms with E-state index in [0.29, 0.717) is 11.1 Å². The first-order valence-electron chi connectivity index (χ1n) is 7.02. The molecule has 2 unspecified atom stereocenters. The number of anilines is 1. The van der Waals surface area contributed by atoms with Crippen molar-refractivity contribution in [1.82, 2.24) is 9.97 Å². The normalized spacial score (nSPS) is 23.6. The van der Waals surface area contributed by atoms with Crippen molar-refractivity contribution in [3.63, 3.8) is 0 Å². The van der Waals surface area contributed by atoms with Gasteiger partial charge in [0.05, 0.1) is 6.10 Å². The average molecular weight is 284 g/mol. The number of aliphatic hydroxyl groups is 1. The zero-order valence-corrected chi connectivity index (χ0v) is 12.3. The van der Waals surface area contributed by atoms with Crippen molar-refractivity contribution < 1.29 is 5.11 Å². The summed E-state index contributed by atoms with van der Waals surface area (Å²) < 4.78 is 0. The average Bonchev–Trinajstić information content (AvgIpc) is 2.37. The summed E-state index contributed by atoms with van der Waals surface area (Å²) in [6.07, 6.45) is 4.13. The van der Waals surface area contributed by atoms with Crippen molar-refractivity contribution in [1.29, 1.82) is 0 Å². The molecule has 0 bridgehead atoms. The first kappa shape index (κ1) is 14.5. The predicted molar refractivity (Wildman–Crippen MR) is 77.6 cm³/mol. The van der Waals surface area contributed by atoms with E-state index in [1.165, 1.54) is 6.42 Å². The van der Waals surface area contributed by atoms with Crippen LogP contribution in [0.4, 0.5) is 5.82 Å². The fourth-order valence-corrected chi connectivity index (χ4v) is 2.64. The third-order valence-electron chi connectivity index (χ3n) is 3.64. The second kappa shape index (κ2) is 6.53. The Morgan fingerprint density at radius 2 is 2.11 bits per heavy atom. The minimum absolute atomic E-state index is 0.192. The summed E-state index contributed by atoms with van der Waals surface area (Å²) in [5.74, 6) is 2.06. The summed E-state index contributed by atoms with van der Waals surface area (Å²) >= 11 is 6.00. The molecule has 1 saturated carbocycles. The van der Waals surface area contributed by atoms with Gasteiger partial charge in [0.2, 0.25) is 0 Å². The minimum Gasteiger partial charge on any atom is -0.393 e. The van der Waals surface area contributed by atoms with Crippen LogP contribution in [0.15, 0.2) is 6.07 Å². The molecule has 1 heterocycles. The van der Waals surface area contributed by atoms with Gasteiger partial charge in [-0.15, -0.1) is 0 Å². The largest absolute Gasteiger partial charge is 0.393 e. The molecule has 1 fully saturated rings. The van der Waals surface area contributed by atoms with Gasteiger partial charge in [-0.3, -0.25) is 0 Å². The highest BCUT2D eigenvalue weighted by atomic mass is 35.5. The molecule has 4 nitrogen and oxygen atoms in total. The van der Waals surface area contributed by atoms with Crippen LogP contribution in [0.3, 0.4) is 0 Å². The first-order valence-corrected chi connectivity index (χ1v) is 7.40. The Hall–Kier alpha value is -0.870. The molecule has 2 N–H and O–H groups in total. The van der Waals surface area contributed by atoms with E-state index in [2.05, 4.69) is 15.3 Å². The van der Waals surface area contributed by atoms with E-state index in [0.717, 1.165) is 37.4 Å². The third-order valence-corrected chi connectivity index (χ3v) is 3.84. The molecular formula is C14H22ClN3O. The third kappa shape index (κ3) is 4.05. The van der Waals surface area contributed by atoms with Gasteiger partial charge in [-0.1, -0.05) is 38.3 Å². The Kier molecular flexibility index (Phi) is 4.99. The van der Waals surface area contributed by atoms with E-state index in [4.69, 9.17) is 11.6 Å². The van der Waals surface area contributed by atoms with Gasteiger partial charge in [0.1, 0.15) is 16.8 Å². The molecule has 19 heavy (non-hydrogen) atoms. The molecule has 106 valence electrons. The molecule has 1 aliphatic rings. The maximum absolute atomic E-state index is 9.95. The predicted octanol–water partition coefficient (Wildman–Crippen LogP) is 3.22. The molecule has 2 atom stereocenters. The Morgan fingerprint density at radius 1 is 1.37 bits per heavy atom. The number of aliphatic hydroxyl groups excluding tert-OH is 1. The van der Waals surface area contributed by atoms with Crippen LogP contribution < -0.4 is 5.32 Å². The van der Waals surface area contributed by atoms with Crippen LogP contribution >= 0.6 is 11.6 Å². The molecular weight excluding hydrogens is 262 g/mol. The number of nitrogens with zero attached hydrogens (tertiary/aromatic N) is 2. The topological polar surface area (TPSA) is 58.0 Å². The lowest BCUT2D eigenvalue weighted by Gasteiger charge is -2.27. The van der Waals surface area contributed by atoms with Crippen molar-refractivity contribution >= 4 is 17.4 Å². The lowest BCUT2D eigenvalue weighted by molar-refractivity contribution is 0.0763. The highest BCUT2D eigenvalue weighted by Gasteiger charge is 2.22. The second-order valence-electron chi connectivity index (χ2n) is 5.58. The molecule has 0 radical (unpaired) electrons. The molecule has 1 aliphatic carbocycles. The van der Waals surface area contributed by atoms with Crippen LogP contribution in [0.5, 0.6) is 0 Å². The van der Waals surface area contributed by atoms with Gasteiger partial charge >= 0.3 is 0 Å².